The Hall–Kier alpha value is -3.25. The van der Waals surface area contributed by atoms with Gasteiger partial charge in [-0.3, -0.25) is 4.90 Å². The van der Waals surface area contributed by atoms with Crippen LogP contribution in [0, 0.1) is 11.6 Å². The van der Waals surface area contributed by atoms with Crippen LogP contribution in [0.2, 0.25) is 0 Å². The zero-order chi connectivity index (χ0) is 23.9. The summed E-state index contributed by atoms with van der Waals surface area (Å²) in [5.74, 6) is -3.96. The van der Waals surface area contributed by atoms with E-state index < -0.39 is 17.6 Å². The zero-order valence-electron chi connectivity index (χ0n) is 18.4. The van der Waals surface area contributed by atoms with Gasteiger partial charge >= 0.3 is 0 Å². The van der Waals surface area contributed by atoms with Crippen molar-refractivity contribution >= 4 is 17.6 Å². The fraction of sp³-hybridized carbons (Fsp3) is 0.409. The van der Waals surface area contributed by atoms with Crippen molar-refractivity contribution in [3.8, 4) is 5.69 Å². The van der Waals surface area contributed by atoms with Crippen molar-refractivity contribution in [2.75, 3.05) is 49.6 Å². The molecule has 0 aliphatic carbocycles. The number of hydrogen-bond acceptors (Lipinski definition) is 7. The summed E-state index contributed by atoms with van der Waals surface area (Å²) in [4.78, 5) is 12.9. The molecule has 0 atom stereocenters. The summed E-state index contributed by atoms with van der Waals surface area (Å²) >= 11 is 0. The predicted molar refractivity (Wildman–Crippen MR) is 117 cm³/mol. The highest BCUT2D eigenvalue weighted by Gasteiger charge is 2.31. The normalized spacial score (nSPS) is 17.6. The van der Waals surface area contributed by atoms with Gasteiger partial charge in [-0.2, -0.15) is 4.98 Å². The molecule has 12 heteroatoms. The van der Waals surface area contributed by atoms with Crippen LogP contribution in [0.3, 0.4) is 0 Å². The molecule has 5 rings (SSSR count). The molecule has 2 aromatic heterocycles. The number of aromatic nitrogens is 4. The van der Waals surface area contributed by atoms with Gasteiger partial charge in [0.25, 0.3) is 5.92 Å². The highest BCUT2D eigenvalue weighted by Crippen LogP contribution is 2.32. The van der Waals surface area contributed by atoms with Gasteiger partial charge in [0.05, 0.1) is 24.9 Å². The lowest BCUT2D eigenvalue weighted by Crippen LogP contribution is -2.56. The SMILES string of the molecule is CC(F)(F)c1cc(Nc2ncn(-c3cc(F)cc(F)c3)n2)nc(N2CCN(C3COC3)CC2)c1. The molecular formula is C22H23F4N7O. The maximum absolute atomic E-state index is 14.2. The number of pyridine rings is 1. The highest BCUT2D eigenvalue weighted by atomic mass is 19.3. The molecule has 8 nitrogen and oxygen atoms in total. The molecule has 2 saturated heterocycles. The number of rotatable bonds is 6. The Kier molecular flexibility index (Phi) is 5.86. The van der Waals surface area contributed by atoms with Crippen LogP contribution >= 0.6 is 0 Å². The fourth-order valence-corrected chi connectivity index (χ4v) is 3.98. The lowest BCUT2D eigenvalue weighted by atomic mass is 10.1. The minimum atomic E-state index is -3.08. The van der Waals surface area contributed by atoms with E-state index in [0.717, 1.165) is 51.4 Å². The Bertz CT molecular complexity index is 1150. The molecule has 1 N–H and O–H groups in total. The molecule has 1 aromatic carbocycles. The van der Waals surface area contributed by atoms with Gasteiger partial charge in [-0.05, 0) is 24.3 Å². The molecule has 0 amide bonds. The highest BCUT2D eigenvalue weighted by molar-refractivity contribution is 5.56. The maximum atomic E-state index is 14.2. The largest absolute Gasteiger partial charge is 0.378 e. The maximum Gasteiger partial charge on any atom is 0.270 e. The van der Waals surface area contributed by atoms with Crippen LogP contribution < -0.4 is 10.2 Å². The first-order valence-electron chi connectivity index (χ1n) is 10.9. The van der Waals surface area contributed by atoms with E-state index >= 15 is 0 Å². The van der Waals surface area contributed by atoms with Crippen LogP contribution in [0.25, 0.3) is 5.69 Å². The minimum Gasteiger partial charge on any atom is -0.378 e. The molecule has 34 heavy (non-hydrogen) atoms. The Morgan fingerprint density at radius 2 is 1.71 bits per heavy atom. The summed E-state index contributed by atoms with van der Waals surface area (Å²) in [6.07, 6.45) is 1.26. The smallest absolute Gasteiger partial charge is 0.270 e. The van der Waals surface area contributed by atoms with Gasteiger partial charge in [-0.25, -0.2) is 27.2 Å². The van der Waals surface area contributed by atoms with Gasteiger partial charge in [0.1, 0.15) is 29.6 Å². The van der Waals surface area contributed by atoms with Crippen LogP contribution in [0.15, 0.2) is 36.7 Å². The predicted octanol–water partition coefficient (Wildman–Crippen LogP) is 3.32. The third kappa shape index (κ3) is 4.82. The number of hydrogen-bond donors (Lipinski definition) is 1. The van der Waals surface area contributed by atoms with E-state index in [4.69, 9.17) is 4.74 Å². The molecule has 0 bridgehead atoms. The monoisotopic (exact) mass is 477 g/mol. The standard InChI is InChI=1S/C22H23F4N7O/c1-22(25,26)14-6-19(28-20(7-14)32-4-2-31(3-5-32)18-11-34-12-18)29-21-27-13-33(30-21)17-9-15(23)8-16(24)10-17/h6-10,13,18H,2-5,11-12H2,1H3,(H,28,29,30). The first-order valence-corrected chi connectivity index (χ1v) is 10.9. The third-order valence-electron chi connectivity index (χ3n) is 5.94. The number of benzene rings is 1. The van der Waals surface area contributed by atoms with E-state index in [1.807, 2.05) is 4.90 Å². The molecule has 3 aromatic rings. The average Bonchev–Trinajstić information content (AvgIpc) is 3.20. The Morgan fingerprint density at radius 1 is 1.00 bits per heavy atom. The third-order valence-corrected chi connectivity index (χ3v) is 5.94. The molecule has 0 saturated carbocycles. The van der Waals surface area contributed by atoms with E-state index in [2.05, 4.69) is 25.3 Å². The van der Waals surface area contributed by atoms with Crippen LogP contribution in [0.5, 0.6) is 0 Å². The van der Waals surface area contributed by atoms with Crippen molar-refractivity contribution in [1.82, 2.24) is 24.6 Å². The van der Waals surface area contributed by atoms with Crippen molar-refractivity contribution in [1.29, 1.82) is 0 Å². The van der Waals surface area contributed by atoms with E-state index in [-0.39, 0.29) is 23.0 Å². The van der Waals surface area contributed by atoms with E-state index in [1.165, 1.54) is 23.1 Å². The van der Waals surface area contributed by atoms with Crippen LogP contribution in [0.4, 0.5) is 35.1 Å². The van der Waals surface area contributed by atoms with Gasteiger partial charge in [0.2, 0.25) is 5.95 Å². The first kappa shape index (κ1) is 22.5. The van der Waals surface area contributed by atoms with Gasteiger partial charge in [-0.1, -0.05) is 0 Å². The number of ether oxygens (including phenoxy) is 1. The van der Waals surface area contributed by atoms with Crippen LogP contribution in [-0.4, -0.2) is 70.1 Å². The lowest BCUT2D eigenvalue weighted by molar-refractivity contribution is -0.0661. The molecule has 180 valence electrons. The first-order chi connectivity index (χ1) is 16.2. The van der Waals surface area contributed by atoms with Crippen LogP contribution in [0.1, 0.15) is 12.5 Å². The number of nitrogens with one attached hydrogen (secondary N) is 1. The van der Waals surface area contributed by atoms with Crippen molar-refractivity contribution in [3.05, 3.63) is 53.9 Å². The van der Waals surface area contributed by atoms with Crippen LogP contribution in [-0.2, 0) is 10.7 Å². The Labute approximate surface area is 193 Å². The summed E-state index contributed by atoms with van der Waals surface area (Å²) in [6.45, 7) is 5.18. The molecule has 2 aliphatic heterocycles. The van der Waals surface area contributed by atoms with Gasteiger partial charge in [0.15, 0.2) is 0 Å². The summed E-state index contributed by atoms with van der Waals surface area (Å²) in [7, 11) is 0. The second-order valence-electron chi connectivity index (χ2n) is 8.47. The lowest BCUT2D eigenvalue weighted by Gasteiger charge is -2.43. The Morgan fingerprint density at radius 3 is 2.32 bits per heavy atom. The summed E-state index contributed by atoms with van der Waals surface area (Å²) in [5, 5.41) is 6.97. The van der Waals surface area contributed by atoms with Gasteiger partial charge in [0, 0.05) is 44.7 Å². The molecule has 0 radical (unpaired) electrons. The molecule has 2 aliphatic rings. The van der Waals surface area contributed by atoms with Crippen molar-refractivity contribution < 1.29 is 22.3 Å². The summed E-state index contributed by atoms with van der Waals surface area (Å²) < 4.78 is 62.0. The molecular weight excluding hydrogens is 454 g/mol. The second kappa shape index (κ2) is 8.84. The molecule has 0 unspecified atom stereocenters. The van der Waals surface area contributed by atoms with E-state index in [1.54, 1.807) is 0 Å². The number of anilines is 3. The zero-order valence-corrected chi connectivity index (χ0v) is 18.4. The summed E-state index contributed by atoms with van der Waals surface area (Å²) in [6, 6.07) is 6.02. The van der Waals surface area contributed by atoms with Gasteiger partial charge < -0.3 is 15.0 Å². The number of piperazine rings is 1. The van der Waals surface area contributed by atoms with Gasteiger partial charge in [-0.15, -0.1) is 5.10 Å². The molecule has 4 heterocycles. The number of nitrogens with zero attached hydrogens (tertiary/aromatic N) is 6. The summed E-state index contributed by atoms with van der Waals surface area (Å²) in [5.41, 5.74) is -0.0586. The van der Waals surface area contributed by atoms with E-state index in [0.29, 0.717) is 24.9 Å². The van der Waals surface area contributed by atoms with E-state index in [9.17, 15) is 17.6 Å². The second-order valence-corrected chi connectivity index (χ2v) is 8.47. The number of alkyl halides is 2. The Balaban J connectivity index is 1.37. The van der Waals surface area contributed by atoms with Crippen molar-refractivity contribution in [3.63, 3.8) is 0 Å². The minimum absolute atomic E-state index is 0.0505. The average molecular weight is 477 g/mol. The fourth-order valence-electron chi connectivity index (χ4n) is 3.98. The number of halogens is 4. The molecule has 0 spiro atoms. The van der Waals surface area contributed by atoms with Crippen molar-refractivity contribution in [2.45, 2.75) is 18.9 Å². The topological polar surface area (TPSA) is 71.3 Å². The molecule has 2 fully saturated rings. The quantitative estimate of drug-likeness (QED) is 0.547. The van der Waals surface area contributed by atoms with Crippen molar-refractivity contribution in [2.24, 2.45) is 0 Å².